The highest BCUT2D eigenvalue weighted by atomic mass is 32.1. The summed E-state index contributed by atoms with van der Waals surface area (Å²) < 4.78 is 6.89. The van der Waals surface area contributed by atoms with Crippen molar-refractivity contribution in [2.45, 2.75) is 65.7 Å². The number of thiazole rings is 1. The Bertz CT molecular complexity index is 840. The van der Waals surface area contributed by atoms with E-state index >= 15 is 0 Å². The predicted octanol–water partition coefficient (Wildman–Crippen LogP) is 3.46. The third-order valence-corrected chi connectivity index (χ3v) is 6.39. The lowest BCUT2D eigenvalue weighted by molar-refractivity contribution is -0.107. The van der Waals surface area contributed by atoms with Crippen LogP contribution in [0.1, 0.15) is 63.4 Å². The highest BCUT2D eigenvalue weighted by molar-refractivity contribution is 7.18. The van der Waals surface area contributed by atoms with E-state index in [1.165, 1.54) is 41.0 Å². The SMILES string of the molecule is CCC.CCc1ccc2nc(CCC(C/C=C/CN)C3CCOCC3)sc2c1.NC=O.NC=O.NC=O. The number of amides is 3. The fraction of sp³-hybridized carbons (Fsp3) is 0.556. The number of ether oxygens (including phenoxy) is 1. The maximum absolute atomic E-state index is 8.58. The number of nitrogens with zero attached hydrogens (tertiary/aromatic N) is 1. The van der Waals surface area contributed by atoms with Gasteiger partial charge in [0.05, 0.1) is 15.2 Å². The number of primary amides is 3. The van der Waals surface area contributed by atoms with E-state index in [-0.39, 0.29) is 19.2 Å². The van der Waals surface area contributed by atoms with Crippen LogP contribution < -0.4 is 22.9 Å². The van der Waals surface area contributed by atoms with Crippen molar-refractivity contribution < 1.29 is 19.1 Å². The number of nitrogens with two attached hydrogens (primary N) is 4. The van der Waals surface area contributed by atoms with Crippen molar-refractivity contribution in [3.63, 3.8) is 0 Å². The lowest BCUT2D eigenvalue weighted by atomic mass is 9.81. The number of allylic oxidation sites excluding steroid dienone is 1. The summed E-state index contributed by atoms with van der Waals surface area (Å²) in [6.07, 6.45) is 13.3. The van der Waals surface area contributed by atoms with E-state index < -0.39 is 0 Å². The quantitative estimate of drug-likeness (QED) is 0.296. The molecule has 0 radical (unpaired) electrons. The molecule has 2 heterocycles. The predicted molar refractivity (Wildman–Crippen MR) is 154 cm³/mol. The third kappa shape index (κ3) is 18.1. The summed E-state index contributed by atoms with van der Waals surface area (Å²) >= 11 is 1.87. The van der Waals surface area contributed by atoms with Crippen molar-refractivity contribution in [2.24, 2.45) is 34.8 Å². The summed E-state index contributed by atoms with van der Waals surface area (Å²) in [5.41, 5.74) is 20.7. The van der Waals surface area contributed by atoms with E-state index in [0.717, 1.165) is 43.9 Å². The minimum absolute atomic E-state index is 0.250. The lowest BCUT2D eigenvalue weighted by Gasteiger charge is -2.29. The molecule has 2 aromatic rings. The van der Waals surface area contributed by atoms with Crippen LogP contribution in [0.2, 0.25) is 0 Å². The van der Waals surface area contributed by atoms with Crippen LogP contribution in [0.25, 0.3) is 10.2 Å². The fourth-order valence-electron chi connectivity index (χ4n) is 3.75. The molecular formula is C27H47N5O4S. The minimum Gasteiger partial charge on any atom is -0.381 e. The second-order valence-electron chi connectivity index (χ2n) is 8.07. The molecule has 0 bridgehead atoms. The number of hydrogen-bond acceptors (Lipinski definition) is 7. The fourth-order valence-corrected chi connectivity index (χ4v) is 4.80. The summed E-state index contributed by atoms with van der Waals surface area (Å²) in [7, 11) is 0. The van der Waals surface area contributed by atoms with Gasteiger partial charge in [-0.15, -0.1) is 11.3 Å². The number of aromatic nitrogens is 1. The van der Waals surface area contributed by atoms with Gasteiger partial charge in [-0.1, -0.05) is 45.4 Å². The number of benzene rings is 1. The van der Waals surface area contributed by atoms with Crippen molar-refractivity contribution >= 4 is 40.8 Å². The van der Waals surface area contributed by atoms with Crippen molar-refractivity contribution in [3.05, 3.63) is 40.9 Å². The van der Waals surface area contributed by atoms with Gasteiger partial charge < -0.3 is 27.7 Å². The Balaban J connectivity index is 0. The van der Waals surface area contributed by atoms with Crippen LogP contribution in [0, 0.1) is 11.8 Å². The number of carbonyl (C=O) groups is 3. The number of carbonyl (C=O) groups excluding carboxylic acids is 3. The van der Waals surface area contributed by atoms with Crippen molar-refractivity contribution in [2.75, 3.05) is 19.8 Å². The smallest absolute Gasteiger partial charge is 0.204 e. The summed E-state index contributed by atoms with van der Waals surface area (Å²) in [6.45, 7) is 8.93. The molecule has 0 saturated carbocycles. The van der Waals surface area contributed by atoms with Crippen LogP contribution in [-0.2, 0) is 32.0 Å². The lowest BCUT2D eigenvalue weighted by Crippen LogP contribution is -2.23. The molecule has 3 rings (SSSR count). The normalized spacial score (nSPS) is 13.3. The first-order valence-electron chi connectivity index (χ1n) is 12.7. The van der Waals surface area contributed by atoms with Crippen molar-refractivity contribution in [1.82, 2.24) is 4.98 Å². The van der Waals surface area contributed by atoms with Crippen LogP contribution in [0.15, 0.2) is 30.4 Å². The summed E-state index contributed by atoms with van der Waals surface area (Å²) in [4.78, 5) is 30.6. The molecule has 1 fully saturated rings. The second kappa shape index (κ2) is 26.2. The van der Waals surface area contributed by atoms with E-state index in [1.54, 1.807) is 0 Å². The third-order valence-electron chi connectivity index (χ3n) is 5.31. The topological polar surface area (TPSA) is 177 Å². The summed E-state index contributed by atoms with van der Waals surface area (Å²) in [6, 6.07) is 6.68. The zero-order chi connectivity index (χ0) is 28.3. The molecule has 1 aliphatic heterocycles. The molecule has 210 valence electrons. The molecule has 1 saturated heterocycles. The first-order chi connectivity index (χ1) is 18.0. The molecule has 10 heteroatoms. The van der Waals surface area contributed by atoms with Crippen LogP contribution in [0.3, 0.4) is 0 Å². The molecule has 1 aliphatic rings. The number of aryl methyl sites for hydroxylation is 2. The Morgan fingerprint density at radius 2 is 1.59 bits per heavy atom. The van der Waals surface area contributed by atoms with Gasteiger partial charge in [0.15, 0.2) is 0 Å². The highest BCUT2D eigenvalue weighted by Gasteiger charge is 2.23. The molecule has 0 spiro atoms. The van der Waals surface area contributed by atoms with Gasteiger partial charge in [0.1, 0.15) is 0 Å². The zero-order valence-corrected chi connectivity index (χ0v) is 23.5. The first-order valence-corrected chi connectivity index (χ1v) is 13.5. The molecule has 1 aromatic heterocycles. The Morgan fingerprint density at radius 1 is 1.03 bits per heavy atom. The zero-order valence-electron chi connectivity index (χ0n) is 22.6. The number of fused-ring (bicyclic) bond motifs is 1. The molecule has 3 amide bonds. The van der Waals surface area contributed by atoms with Gasteiger partial charge in [0.2, 0.25) is 19.2 Å². The monoisotopic (exact) mass is 537 g/mol. The highest BCUT2D eigenvalue weighted by Crippen LogP contribution is 2.32. The second-order valence-corrected chi connectivity index (χ2v) is 9.19. The standard InChI is InChI=1S/C21H30N2OS.C3H8.3CH3NO/c1-2-16-6-8-19-20(15-16)25-21(23-19)9-7-17(5-3-4-12-22)18-10-13-24-14-11-18;1-3-2;3*2-1-3/h3-4,6,8,15,17-18H,2,5,7,9-14,22H2,1H3;3H2,1-2H3;3*1H,(H2,2,3)/b4-3+;;;;. The molecule has 1 aromatic carbocycles. The average molecular weight is 538 g/mol. The molecule has 9 nitrogen and oxygen atoms in total. The maximum atomic E-state index is 8.58. The van der Waals surface area contributed by atoms with Gasteiger partial charge in [-0.05, 0) is 68.1 Å². The van der Waals surface area contributed by atoms with Crippen LogP contribution in [0.5, 0.6) is 0 Å². The molecular weight excluding hydrogens is 490 g/mol. The van der Waals surface area contributed by atoms with Gasteiger partial charge >= 0.3 is 0 Å². The van der Waals surface area contributed by atoms with Crippen molar-refractivity contribution in [3.8, 4) is 0 Å². The van der Waals surface area contributed by atoms with Gasteiger partial charge in [0, 0.05) is 19.8 Å². The molecule has 1 atom stereocenters. The van der Waals surface area contributed by atoms with Crippen LogP contribution >= 0.6 is 11.3 Å². The number of rotatable bonds is 8. The number of hydrogen-bond donors (Lipinski definition) is 4. The first kappa shape index (κ1) is 36.3. The van der Waals surface area contributed by atoms with E-state index in [2.05, 4.69) is 68.3 Å². The van der Waals surface area contributed by atoms with Gasteiger partial charge in [-0.25, -0.2) is 4.98 Å². The summed E-state index contributed by atoms with van der Waals surface area (Å²) in [5, 5.41) is 1.28. The molecule has 8 N–H and O–H groups in total. The van der Waals surface area contributed by atoms with E-state index in [4.69, 9.17) is 29.8 Å². The minimum atomic E-state index is 0.250. The Labute approximate surface area is 226 Å². The van der Waals surface area contributed by atoms with Gasteiger partial charge in [-0.2, -0.15) is 0 Å². The largest absolute Gasteiger partial charge is 0.381 e. The van der Waals surface area contributed by atoms with E-state index in [1.807, 2.05) is 11.3 Å². The van der Waals surface area contributed by atoms with Gasteiger partial charge in [-0.3, -0.25) is 14.4 Å². The molecule has 1 unspecified atom stereocenters. The molecule has 0 aliphatic carbocycles. The van der Waals surface area contributed by atoms with E-state index in [9.17, 15) is 0 Å². The van der Waals surface area contributed by atoms with Crippen LogP contribution in [0.4, 0.5) is 0 Å². The molecule has 37 heavy (non-hydrogen) atoms. The average Bonchev–Trinajstić information content (AvgIpc) is 3.30. The summed E-state index contributed by atoms with van der Waals surface area (Å²) in [5.74, 6) is 1.49. The Morgan fingerprint density at radius 3 is 2.11 bits per heavy atom. The van der Waals surface area contributed by atoms with Crippen LogP contribution in [-0.4, -0.2) is 44.0 Å². The van der Waals surface area contributed by atoms with Crippen molar-refractivity contribution in [1.29, 1.82) is 0 Å². The maximum Gasteiger partial charge on any atom is 0.204 e. The Hall–Kier alpha value is -2.82. The van der Waals surface area contributed by atoms with E-state index in [0.29, 0.717) is 12.5 Å². The Kier molecular flexibility index (Phi) is 25.8. The van der Waals surface area contributed by atoms with Gasteiger partial charge in [0.25, 0.3) is 0 Å².